The lowest BCUT2D eigenvalue weighted by molar-refractivity contribution is -0.140. The van der Waals surface area contributed by atoms with Crippen LogP contribution in [0.25, 0.3) is 5.76 Å². The van der Waals surface area contributed by atoms with Crippen molar-refractivity contribution in [3.05, 3.63) is 101 Å². The van der Waals surface area contributed by atoms with Crippen molar-refractivity contribution in [3.8, 4) is 5.75 Å². The predicted molar refractivity (Wildman–Crippen MR) is 130 cm³/mol. The Bertz CT molecular complexity index is 1200. The second kappa shape index (κ2) is 9.91. The number of carbonyl (C=O) groups is 2. The van der Waals surface area contributed by atoms with E-state index in [0.29, 0.717) is 23.8 Å². The number of aliphatic hydroxyl groups is 1. The highest BCUT2D eigenvalue weighted by Gasteiger charge is 2.46. The lowest BCUT2D eigenvalue weighted by Gasteiger charge is -2.25. The van der Waals surface area contributed by atoms with Gasteiger partial charge in [0, 0.05) is 24.5 Å². The van der Waals surface area contributed by atoms with Crippen molar-refractivity contribution in [1.82, 2.24) is 9.88 Å². The van der Waals surface area contributed by atoms with E-state index in [1.807, 2.05) is 37.3 Å². The normalized spacial score (nSPS) is 17.4. The van der Waals surface area contributed by atoms with E-state index in [4.69, 9.17) is 4.74 Å². The molecule has 2 aromatic carbocycles. The fraction of sp³-hybridized carbons (Fsp3) is 0.250. The van der Waals surface area contributed by atoms with Gasteiger partial charge in [0.15, 0.2) is 0 Å². The number of aliphatic hydroxyl groups excluding tert-OH is 1. The average molecular weight is 457 g/mol. The van der Waals surface area contributed by atoms with Crippen LogP contribution in [-0.2, 0) is 16.1 Å². The van der Waals surface area contributed by atoms with Gasteiger partial charge in [-0.2, -0.15) is 0 Å². The Labute approximate surface area is 199 Å². The van der Waals surface area contributed by atoms with E-state index >= 15 is 0 Å². The molecule has 0 aliphatic carbocycles. The van der Waals surface area contributed by atoms with Gasteiger partial charge >= 0.3 is 0 Å². The Kier molecular flexibility index (Phi) is 6.77. The third-order valence-corrected chi connectivity index (χ3v) is 5.97. The molecule has 0 radical (unpaired) electrons. The number of benzene rings is 2. The van der Waals surface area contributed by atoms with Crippen LogP contribution in [0.1, 0.15) is 55.0 Å². The Morgan fingerprint density at radius 3 is 2.35 bits per heavy atom. The first-order valence-electron chi connectivity index (χ1n) is 11.4. The number of Topliss-reactive ketones (excluding diaryl/α,β-unsaturated/α-hetero) is 1. The molecule has 1 aliphatic rings. The predicted octanol–water partition coefficient (Wildman–Crippen LogP) is 5.23. The second-order valence-electron chi connectivity index (χ2n) is 8.57. The largest absolute Gasteiger partial charge is 0.507 e. The highest BCUT2D eigenvalue weighted by Crippen LogP contribution is 2.40. The molecule has 6 nitrogen and oxygen atoms in total. The molecule has 34 heavy (non-hydrogen) atoms. The smallest absolute Gasteiger partial charge is 0.295 e. The van der Waals surface area contributed by atoms with E-state index in [1.54, 1.807) is 42.7 Å². The molecule has 2 heterocycles. The summed E-state index contributed by atoms with van der Waals surface area (Å²) in [7, 11) is 0. The lowest BCUT2D eigenvalue weighted by atomic mass is 9.93. The maximum Gasteiger partial charge on any atom is 0.295 e. The van der Waals surface area contributed by atoms with E-state index in [1.165, 1.54) is 4.90 Å². The average Bonchev–Trinajstić information content (AvgIpc) is 3.10. The standard InChI is InChI=1S/C28H28N2O4/c1-4-34-23-13-11-22(12-14-23)26(31)24-25(21-9-7-20(8-10-21)18(2)3)30(28(33)27(24)32)17-19-6-5-15-29-16-19/h5-16,18,25,31H,4,17H2,1-3H3/t25-/m1/s1. The number of amides is 1. The molecule has 1 aromatic heterocycles. The van der Waals surface area contributed by atoms with Crippen molar-refractivity contribution in [2.45, 2.75) is 39.3 Å². The van der Waals surface area contributed by atoms with Gasteiger partial charge in [0.05, 0.1) is 18.2 Å². The number of hydrogen-bond acceptors (Lipinski definition) is 5. The number of ketones is 1. The van der Waals surface area contributed by atoms with Gasteiger partial charge in [-0.05, 0) is 59.9 Å². The summed E-state index contributed by atoms with van der Waals surface area (Å²) in [6.07, 6.45) is 3.33. The molecular weight excluding hydrogens is 428 g/mol. The molecule has 174 valence electrons. The molecule has 1 N–H and O–H groups in total. The molecule has 0 saturated carbocycles. The fourth-order valence-corrected chi connectivity index (χ4v) is 4.17. The first-order chi connectivity index (χ1) is 16.4. The Balaban J connectivity index is 1.81. The van der Waals surface area contributed by atoms with Crippen LogP contribution >= 0.6 is 0 Å². The number of hydrogen-bond donors (Lipinski definition) is 1. The molecule has 0 spiro atoms. The van der Waals surface area contributed by atoms with Gasteiger partial charge in [0.25, 0.3) is 11.7 Å². The Hall–Kier alpha value is -3.93. The summed E-state index contributed by atoms with van der Waals surface area (Å²) in [6.45, 7) is 6.83. The van der Waals surface area contributed by atoms with E-state index in [0.717, 1.165) is 16.7 Å². The van der Waals surface area contributed by atoms with E-state index in [2.05, 4.69) is 18.8 Å². The number of aromatic nitrogens is 1. The summed E-state index contributed by atoms with van der Waals surface area (Å²) in [5.41, 5.74) is 3.25. The SMILES string of the molecule is CCOc1ccc(C(O)=C2C(=O)C(=O)N(Cc3cccnc3)[C@@H]2c2ccc(C(C)C)cc2)cc1. The van der Waals surface area contributed by atoms with Crippen LogP contribution in [-0.4, -0.2) is 33.3 Å². The molecule has 1 amide bonds. The molecule has 1 saturated heterocycles. The monoisotopic (exact) mass is 456 g/mol. The number of ether oxygens (including phenoxy) is 1. The van der Waals surface area contributed by atoms with E-state index < -0.39 is 17.7 Å². The van der Waals surface area contributed by atoms with Crippen molar-refractivity contribution in [2.24, 2.45) is 0 Å². The number of nitrogens with zero attached hydrogens (tertiary/aromatic N) is 2. The zero-order valence-electron chi connectivity index (χ0n) is 19.6. The highest BCUT2D eigenvalue weighted by molar-refractivity contribution is 6.46. The van der Waals surface area contributed by atoms with Crippen molar-refractivity contribution >= 4 is 17.4 Å². The van der Waals surface area contributed by atoms with Crippen LogP contribution in [0.5, 0.6) is 5.75 Å². The third kappa shape index (κ3) is 4.57. The molecule has 0 unspecified atom stereocenters. The van der Waals surface area contributed by atoms with Crippen LogP contribution < -0.4 is 4.74 Å². The van der Waals surface area contributed by atoms with Gasteiger partial charge < -0.3 is 14.7 Å². The minimum atomic E-state index is -0.715. The van der Waals surface area contributed by atoms with Crippen LogP contribution in [0.3, 0.4) is 0 Å². The maximum atomic E-state index is 13.2. The van der Waals surface area contributed by atoms with E-state index in [9.17, 15) is 14.7 Å². The zero-order chi connectivity index (χ0) is 24.2. The van der Waals surface area contributed by atoms with E-state index in [-0.39, 0.29) is 17.9 Å². The van der Waals surface area contributed by atoms with Gasteiger partial charge in [0.2, 0.25) is 0 Å². The van der Waals surface area contributed by atoms with Crippen LogP contribution in [0.15, 0.2) is 78.6 Å². The first-order valence-corrected chi connectivity index (χ1v) is 11.4. The van der Waals surface area contributed by atoms with Gasteiger partial charge in [-0.3, -0.25) is 14.6 Å². The van der Waals surface area contributed by atoms with Gasteiger partial charge in [-0.15, -0.1) is 0 Å². The lowest BCUT2D eigenvalue weighted by Crippen LogP contribution is -2.29. The summed E-state index contributed by atoms with van der Waals surface area (Å²) < 4.78 is 5.48. The maximum absolute atomic E-state index is 13.2. The molecule has 6 heteroatoms. The number of carbonyl (C=O) groups excluding carboxylic acids is 2. The number of rotatable bonds is 7. The first kappa shape index (κ1) is 23.2. The molecular formula is C28H28N2O4. The van der Waals surface area contributed by atoms with Crippen LogP contribution in [0.2, 0.25) is 0 Å². The van der Waals surface area contributed by atoms with Gasteiger partial charge in [-0.25, -0.2) is 0 Å². The zero-order valence-corrected chi connectivity index (χ0v) is 19.6. The molecule has 3 aromatic rings. The van der Waals surface area contributed by atoms with Crippen molar-refractivity contribution in [3.63, 3.8) is 0 Å². The molecule has 4 rings (SSSR count). The van der Waals surface area contributed by atoms with Crippen molar-refractivity contribution in [1.29, 1.82) is 0 Å². The van der Waals surface area contributed by atoms with Gasteiger partial charge in [0.1, 0.15) is 11.5 Å². The third-order valence-electron chi connectivity index (χ3n) is 5.97. The summed E-state index contributed by atoms with van der Waals surface area (Å²) >= 11 is 0. The van der Waals surface area contributed by atoms with Crippen LogP contribution in [0.4, 0.5) is 0 Å². The molecule has 0 bridgehead atoms. The van der Waals surface area contributed by atoms with Crippen molar-refractivity contribution in [2.75, 3.05) is 6.61 Å². The van der Waals surface area contributed by atoms with Gasteiger partial charge in [-0.1, -0.05) is 44.2 Å². The summed E-state index contributed by atoms with van der Waals surface area (Å²) in [6, 6.07) is 17.6. The van der Waals surface area contributed by atoms with Crippen molar-refractivity contribution < 1.29 is 19.4 Å². The Morgan fingerprint density at radius 1 is 1.06 bits per heavy atom. The summed E-state index contributed by atoms with van der Waals surface area (Å²) in [4.78, 5) is 32.0. The minimum Gasteiger partial charge on any atom is -0.507 e. The quantitative estimate of drug-likeness (QED) is 0.299. The topological polar surface area (TPSA) is 79.7 Å². The van der Waals surface area contributed by atoms with Crippen LogP contribution in [0, 0.1) is 0 Å². The number of pyridine rings is 1. The summed E-state index contributed by atoms with van der Waals surface area (Å²) in [5.74, 6) is -0.535. The minimum absolute atomic E-state index is 0.0790. The Morgan fingerprint density at radius 2 is 1.76 bits per heavy atom. The number of likely N-dealkylation sites (tertiary alicyclic amines) is 1. The second-order valence-corrected chi connectivity index (χ2v) is 8.57. The fourth-order valence-electron chi connectivity index (χ4n) is 4.17. The molecule has 1 aliphatic heterocycles. The highest BCUT2D eigenvalue weighted by atomic mass is 16.5. The molecule has 1 atom stereocenters. The summed E-state index contributed by atoms with van der Waals surface area (Å²) in [5, 5.41) is 11.2. The molecule has 1 fully saturated rings.